The average Bonchev–Trinajstić information content (AvgIpc) is 2.44. The summed E-state index contributed by atoms with van der Waals surface area (Å²) in [6.07, 6.45) is 5.65. The number of carbonyl (C=O) groups excluding carboxylic acids is 3. The number of nitrogens with one attached hydrogen (secondary N) is 2. The molecule has 4 N–H and O–H groups in total. The maximum Gasteiger partial charge on any atom is 0.243 e. The van der Waals surface area contributed by atoms with Crippen LogP contribution in [0.1, 0.15) is 52.4 Å². The highest BCUT2D eigenvalue weighted by molar-refractivity contribution is 5.90. The van der Waals surface area contributed by atoms with Crippen molar-refractivity contribution in [1.29, 1.82) is 0 Å². The first-order valence-electron chi connectivity index (χ1n) is 7.76. The van der Waals surface area contributed by atoms with E-state index in [1.807, 2.05) is 13.8 Å². The van der Waals surface area contributed by atoms with Crippen LogP contribution in [0.3, 0.4) is 0 Å². The van der Waals surface area contributed by atoms with Crippen molar-refractivity contribution in [3.05, 3.63) is 0 Å². The van der Waals surface area contributed by atoms with Gasteiger partial charge in [-0.3, -0.25) is 14.4 Å². The van der Waals surface area contributed by atoms with E-state index in [9.17, 15) is 14.4 Å². The molecule has 21 heavy (non-hydrogen) atoms. The van der Waals surface area contributed by atoms with Gasteiger partial charge in [-0.15, -0.1) is 0 Å². The molecule has 1 atom stereocenters. The van der Waals surface area contributed by atoms with Gasteiger partial charge >= 0.3 is 0 Å². The van der Waals surface area contributed by atoms with E-state index < -0.39 is 11.9 Å². The quantitative estimate of drug-likeness (QED) is 0.644. The van der Waals surface area contributed by atoms with Gasteiger partial charge in [0.15, 0.2) is 0 Å². The highest BCUT2D eigenvalue weighted by Crippen LogP contribution is 2.24. The van der Waals surface area contributed by atoms with Crippen molar-refractivity contribution in [1.82, 2.24) is 10.6 Å². The molecular weight excluding hydrogens is 270 g/mol. The smallest absolute Gasteiger partial charge is 0.243 e. The van der Waals surface area contributed by atoms with Gasteiger partial charge in [-0.1, -0.05) is 33.1 Å². The van der Waals surface area contributed by atoms with Gasteiger partial charge in [-0.2, -0.15) is 0 Å². The Hall–Kier alpha value is -1.59. The highest BCUT2D eigenvalue weighted by atomic mass is 16.2. The van der Waals surface area contributed by atoms with Crippen molar-refractivity contribution in [2.75, 3.05) is 6.54 Å². The zero-order valence-corrected chi connectivity index (χ0v) is 13.0. The van der Waals surface area contributed by atoms with E-state index in [-0.39, 0.29) is 30.2 Å². The summed E-state index contributed by atoms with van der Waals surface area (Å²) in [5, 5.41) is 5.31. The van der Waals surface area contributed by atoms with Crippen molar-refractivity contribution < 1.29 is 14.4 Å². The van der Waals surface area contributed by atoms with Crippen molar-refractivity contribution >= 4 is 17.7 Å². The molecule has 120 valence electrons. The molecule has 0 aliphatic heterocycles. The second-order valence-corrected chi connectivity index (χ2v) is 6.21. The molecule has 6 nitrogen and oxygen atoms in total. The molecule has 0 spiro atoms. The number of rotatable bonds is 7. The standard InChI is InChI=1S/C15H27N3O3/c1-10(2)8-12(15(21)17-9-13(16)19)18-14(20)11-6-4-3-5-7-11/h10-12H,3-9H2,1-2H3,(H2,16,19)(H,17,21)(H,18,20)/t12-/m0/s1. The Labute approximate surface area is 126 Å². The van der Waals surface area contributed by atoms with Crippen molar-refractivity contribution in [3.8, 4) is 0 Å². The van der Waals surface area contributed by atoms with Gasteiger partial charge in [0.2, 0.25) is 17.7 Å². The molecule has 0 unspecified atom stereocenters. The van der Waals surface area contributed by atoms with E-state index in [4.69, 9.17) is 5.73 Å². The summed E-state index contributed by atoms with van der Waals surface area (Å²) in [7, 11) is 0. The molecule has 0 bridgehead atoms. The Bertz CT molecular complexity index is 376. The third-order valence-electron chi connectivity index (χ3n) is 3.75. The van der Waals surface area contributed by atoms with Gasteiger partial charge in [-0.05, 0) is 25.2 Å². The summed E-state index contributed by atoms with van der Waals surface area (Å²) >= 11 is 0. The molecule has 1 rings (SSSR count). The monoisotopic (exact) mass is 297 g/mol. The number of primary amides is 1. The Balaban J connectivity index is 2.57. The first-order chi connectivity index (χ1) is 9.90. The van der Waals surface area contributed by atoms with Gasteiger partial charge in [0.25, 0.3) is 0 Å². The Morgan fingerprint density at radius 3 is 2.29 bits per heavy atom. The number of carbonyl (C=O) groups is 3. The zero-order valence-electron chi connectivity index (χ0n) is 13.0. The Morgan fingerprint density at radius 1 is 1.14 bits per heavy atom. The number of nitrogens with two attached hydrogens (primary N) is 1. The van der Waals surface area contributed by atoms with Crippen LogP contribution in [0.4, 0.5) is 0 Å². The third-order valence-corrected chi connectivity index (χ3v) is 3.75. The van der Waals surface area contributed by atoms with Crippen LogP contribution < -0.4 is 16.4 Å². The van der Waals surface area contributed by atoms with Crippen LogP contribution in [0, 0.1) is 11.8 Å². The summed E-state index contributed by atoms with van der Waals surface area (Å²) in [5.74, 6) is -0.704. The summed E-state index contributed by atoms with van der Waals surface area (Å²) in [4.78, 5) is 35.1. The van der Waals surface area contributed by atoms with Crippen molar-refractivity contribution in [3.63, 3.8) is 0 Å². The molecule has 0 aromatic heterocycles. The fourth-order valence-corrected chi connectivity index (χ4v) is 2.65. The molecule has 1 aliphatic rings. The van der Waals surface area contributed by atoms with Crippen LogP contribution >= 0.6 is 0 Å². The predicted molar refractivity (Wildman–Crippen MR) is 80.2 cm³/mol. The van der Waals surface area contributed by atoms with Crippen LogP contribution in [0.25, 0.3) is 0 Å². The Kier molecular flexibility index (Phi) is 7.19. The van der Waals surface area contributed by atoms with Gasteiger partial charge in [0.1, 0.15) is 6.04 Å². The molecular formula is C15H27N3O3. The van der Waals surface area contributed by atoms with Crippen LogP contribution in [-0.2, 0) is 14.4 Å². The average molecular weight is 297 g/mol. The van der Waals surface area contributed by atoms with E-state index >= 15 is 0 Å². The molecule has 6 heteroatoms. The van der Waals surface area contributed by atoms with Crippen LogP contribution in [-0.4, -0.2) is 30.3 Å². The number of amides is 3. The molecule has 1 fully saturated rings. The third kappa shape index (κ3) is 6.60. The van der Waals surface area contributed by atoms with E-state index in [0.717, 1.165) is 25.7 Å². The lowest BCUT2D eigenvalue weighted by Crippen LogP contribution is -2.50. The van der Waals surface area contributed by atoms with Crippen LogP contribution in [0.15, 0.2) is 0 Å². The van der Waals surface area contributed by atoms with Gasteiger partial charge in [0.05, 0.1) is 6.54 Å². The lowest BCUT2D eigenvalue weighted by atomic mass is 9.88. The molecule has 0 saturated heterocycles. The normalized spacial score (nSPS) is 17.3. The fraction of sp³-hybridized carbons (Fsp3) is 0.800. The highest BCUT2D eigenvalue weighted by Gasteiger charge is 2.27. The number of hydrogen-bond acceptors (Lipinski definition) is 3. The van der Waals surface area contributed by atoms with E-state index in [0.29, 0.717) is 6.42 Å². The molecule has 0 aromatic carbocycles. The number of hydrogen-bond donors (Lipinski definition) is 3. The second kappa shape index (κ2) is 8.64. The van der Waals surface area contributed by atoms with E-state index in [1.165, 1.54) is 6.42 Å². The molecule has 1 aliphatic carbocycles. The predicted octanol–water partition coefficient (Wildman–Crippen LogP) is 0.699. The maximum atomic E-state index is 12.2. The fourth-order valence-electron chi connectivity index (χ4n) is 2.65. The SMILES string of the molecule is CC(C)C[C@H](NC(=O)C1CCCCC1)C(=O)NCC(N)=O. The van der Waals surface area contributed by atoms with Crippen LogP contribution in [0.2, 0.25) is 0 Å². The van der Waals surface area contributed by atoms with Crippen LogP contribution in [0.5, 0.6) is 0 Å². The summed E-state index contributed by atoms with van der Waals surface area (Å²) in [6, 6.07) is -0.598. The van der Waals surface area contributed by atoms with Gasteiger partial charge < -0.3 is 16.4 Å². The van der Waals surface area contributed by atoms with E-state index in [1.54, 1.807) is 0 Å². The topological polar surface area (TPSA) is 101 Å². The van der Waals surface area contributed by atoms with Gasteiger partial charge in [-0.25, -0.2) is 0 Å². The molecule has 1 saturated carbocycles. The summed E-state index contributed by atoms with van der Waals surface area (Å²) < 4.78 is 0. The minimum Gasteiger partial charge on any atom is -0.368 e. The largest absolute Gasteiger partial charge is 0.368 e. The summed E-state index contributed by atoms with van der Waals surface area (Å²) in [6.45, 7) is 3.77. The molecule has 0 radical (unpaired) electrons. The molecule has 0 aromatic rings. The van der Waals surface area contributed by atoms with Crippen molar-refractivity contribution in [2.45, 2.75) is 58.4 Å². The minimum atomic E-state index is -0.598. The Morgan fingerprint density at radius 2 is 1.76 bits per heavy atom. The lowest BCUT2D eigenvalue weighted by molar-refractivity contribution is -0.132. The second-order valence-electron chi connectivity index (χ2n) is 6.21. The van der Waals surface area contributed by atoms with E-state index in [2.05, 4.69) is 10.6 Å². The minimum absolute atomic E-state index is 0.0114. The summed E-state index contributed by atoms with van der Waals surface area (Å²) in [5.41, 5.74) is 5.02. The lowest BCUT2D eigenvalue weighted by Gasteiger charge is -2.25. The molecule has 0 heterocycles. The first-order valence-corrected chi connectivity index (χ1v) is 7.76. The first kappa shape index (κ1) is 17.5. The maximum absolute atomic E-state index is 12.2. The molecule has 3 amide bonds. The zero-order chi connectivity index (χ0) is 15.8. The van der Waals surface area contributed by atoms with Gasteiger partial charge in [0, 0.05) is 5.92 Å². The van der Waals surface area contributed by atoms with Crippen molar-refractivity contribution in [2.24, 2.45) is 17.6 Å².